The predicted octanol–water partition coefficient (Wildman–Crippen LogP) is 0.00480. The van der Waals surface area contributed by atoms with Crippen molar-refractivity contribution >= 4 is 17.5 Å². The first-order chi connectivity index (χ1) is 9.08. The first-order valence-corrected chi connectivity index (χ1v) is 6.16. The maximum atomic E-state index is 11.6. The monoisotopic (exact) mass is 263 g/mol. The fourth-order valence-corrected chi connectivity index (χ4v) is 1.93. The molecule has 1 aromatic rings. The van der Waals surface area contributed by atoms with Gasteiger partial charge in [-0.05, 0) is 18.6 Å². The van der Waals surface area contributed by atoms with E-state index in [4.69, 9.17) is 16.2 Å². The molecule has 102 valence electrons. The summed E-state index contributed by atoms with van der Waals surface area (Å²) >= 11 is 0. The normalized spacial score (nSPS) is 16.5. The Hall–Kier alpha value is -2.08. The summed E-state index contributed by atoms with van der Waals surface area (Å²) in [6.45, 7) is 0.746. The first-order valence-electron chi connectivity index (χ1n) is 6.16. The van der Waals surface area contributed by atoms with Crippen molar-refractivity contribution in [2.24, 2.45) is 11.5 Å². The van der Waals surface area contributed by atoms with Crippen LogP contribution in [0.1, 0.15) is 12.8 Å². The Bertz CT molecular complexity index is 490. The van der Waals surface area contributed by atoms with Crippen LogP contribution in [0.15, 0.2) is 24.3 Å². The molecule has 1 unspecified atom stereocenters. The summed E-state index contributed by atoms with van der Waals surface area (Å²) in [5.41, 5.74) is 11.3. The summed E-state index contributed by atoms with van der Waals surface area (Å²) < 4.78 is 5.40. The molecule has 2 rings (SSSR count). The number of nitrogens with two attached hydrogens (primary N) is 2. The maximum Gasteiger partial charge on any atom is 0.237 e. The van der Waals surface area contributed by atoms with Crippen LogP contribution < -0.4 is 21.1 Å². The fourth-order valence-electron chi connectivity index (χ4n) is 1.93. The van der Waals surface area contributed by atoms with Crippen LogP contribution in [0.5, 0.6) is 5.75 Å². The lowest BCUT2D eigenvalue weighted by Gasteiger charge is -2.17. The summed E-state index contributed by atoms with van der Waals surface area (Å²) in [6, 6.07) is 6.32. The van der Waals surface area contributed by atoms with Gasteiger partial charge in [-0.2, -0.15) is 0 Å². The van der Waals surface area contributed by atoms with E-state index in [0.29, 0.717) is 12.2 Å². The van der Waals surface area contributed by atoms with E-state index in [1.54, 1.807) is 23.1 Å². The topological polar surface area (TPSA) is 98.7 Å². The van der Waals surface area contributed by atoms with Gasteiger partial charge in [0.05, 0.1) is 0 Å². The molecule has 1 fully saturated rings. The van der Waals surface area contributed by atoms with Crippen molar-refractivity contribution in [1.82, 2.24) is 0 Å². The van der Waals surface area contributed by atoms with E-state index in [-0.39, 0.29) is 12.5 Å². The zero-order valence-corrected chi connectivity index (χ0v) is 10.5. The van der Waals surface area contributed by atoms with Gasteiger partial charge in [-0.25, -0.2) is 0 Å². The molecular weight excluding hydrogens is 246 g/mol. The van der Waals surface area contributed by atoms with Crippen molar-refractivity contribution in [3.63, 3.8) is 0 Å². The van der Waals surface area contributed by atoms with Gasteiger partial charge < -0.3 is 21.1 Å². The van der Waals surface area contributed by atoms with Crippen LogP contribution in [0.2, 0.25) is 0 Å². The third kappa shape index (κ3) is 3.23. The Morgan fingerprint density at radius 2 is 2.26 bits per heavy atom. The van der Waals surface area contributed by atoms with E-state index in [0.717, 1.165) is 18.7 Å². The molecule has 6 nitrogen and oxygen atoms in total. The minimum Gasteiger partial charge on any atom is -0.491 e. The van der Waals surface area contributed by atoms with Crippen molar-refractivity contribution in [2.45, 2.75) is 18.9 Å². The highest BCUT2D eigenvalue weighted by Gasteiger charge is 2.21. The highest BCUT2D eigenvalue weighted by atomic mass is 16.5. The van der Waals surface area contributed by atoms with Crippen LogP contribution in [0.4, 0.5) is 5.69 Å². The van der Waals surface area contributed by atoms with Gasteiger partial charge >= 0.3 is 0 Å². The Kier molecular flexibility index (Phi) is 4.01. The lowest BCUT2D eigenvalue weighted by Crippen LogP contribution is -2.41. The maximum absolute atomic E-state index is 11.6. The largest absolute Gasteiger partial charge is 0.491 e. The van der Waals surface area contributed by atoms with Gasteiger partial charge in [0, 0.05) is 24.7 Å². The van der Waals surface area contributed by atoms with Crippen LogP contribution in [0.3, 0.4) is 0 Å². The van der Waals surface area contributed by atoms with Gasteiger partial charge in [-0.3, -0.25) is 9.59 Å². The summed E-state index contributed by atoms with van der Waals surface area (Å²) in [5, 5.41) is 0. The molecule has 6 heteroatoms. The highest BCUT2D eigenvalue weighted by Crippen LogP contribution is 2.25. The Labute approximate surface area is 111 Å². The molecule has 1 heterocycles. The minimum atomic E-state index is -0.836. The van der Waals surface area contributed by atoms with Crippen LogP contribution in [-0.2, 0) is 9.59 Å². The summed E-state index contributed by atoms with van der Waals surface area (Å²) in [5.74, 6) is 0.0748. The number of carbonyl (C=O) groups excluding carboxylic acids is 2. The predicted molar refractivity (Wildman–Crippen MR) is 70.7 cm³/mol. The third-order valence-corrected chi connectivity index (χ3v) is 3.00. The molecule has 19 heavy (non-hydrogen) atoms. The molecule has 0 bridgehead atoms. The van der Waals surface area contributed by atoms with E-state index in [2.05, 4.69) is 0 Å². The number of benzene rings is 1. The Morgan fingerprint density at radius 3 is 2.89 bits per heavy atom. The van der Waals surface area contributed by atoms with Crippen LogP contribution in [0, 0.1) is 0 Å². The first kappa shape index (κ1) is 13.4. The fraction of sp³-hybridized carbons (Fsp3) is 0.385. The second-order valence-corrected chi connectivity index (χ2v) is 4.47. The SMILES string of the molecule is NC(=O)C(N)COc1cccc(N2CCCC2=O)c1. The molecule has 0 saturated carbocycles. The standard InChI is InChI=1S/C13H17N3O3/c14-11(13(15)18)8-19-10-4-1-3-9(7-10)16-6-2-5-12(16)17/h1,3-4,7,11H,2,5-6,8,14H2,(H2,15,18). The molecule has 1 aliphatic heterocycles. The van der Waals surface area contributed by atoms with Crippen LogP contribution in [0.25, 0.3) is 0 Å². The van der Waals surface area contributed by atoms with Crippen molar-refractivity contribution in [3.05, 3.63) is 24.3 Å². The average molecular weight is 263 g/mol. The number of primary amides is 1. The lowest BCUT2D eigenvalue weighted by atomic mass is 10.2. The summed E-state index contributed by atoms with van der Waals surface area (Å²) in [6.07, 6.45) is 1.45. The number of nitrogens with zero attached hydrogens (tertiary/aromatic N) is 1. The Morgan fingerprint density at radius 1 is 1.47 bits per heavy atom. The minimum absolute atomic E-state index is 0.0206. The molecule has 0 aromatic heterocycles. The van der Waals surface area contributed by atoms with E-state index in [1.807, 2.05) is 6.07 Å². The van der Waals surface area contributed by atoms with E-state index in [1.165, 1.54) is 0 Å². The molecule has 4 N–H and O–H groups in total. The molecule has 0 radical (unpaired) electrons. The Balaban J connectivity index is 2.03. The zero-order valence-electron chi connectivity index (χ0n) is 10.5. The van der Waals surface area contributed by atoms with Crippen LogP contribution >= 0.6 is 0 Å². The molecule has 1 aromatic carbocycles. The van der Waals surface area contributed by atoms with E-state index >= 15 is 0 Å². The second kappa shape index (κ2) is 5.71. The average Bonchev–Trinajstić information content (AvgIpc) is 2.82. The molecule has 1 atom stereocenters. The number of ether oxygens (including phenoxy) is 1. The second-order valence-electron chi connectivity index (χ2n) is 4.47. The molecular formula is C13H17N3O3. The van der Waals surface area contributed by atoms with E-state index in [9.17, 15) is 9.59 Å². The highest BCUT2D eigenvalue weighted by molar-refractivity contribution is 5.95. The molecule has 1 saturated heterocycles. The molecule has 2 amide bonds. The number of carbonyl (C=O) groups is 2. The van der Waals surface area contributed by atoms with Crippen molar-refractivity contribution in [2.75, 3.05) is 18.1 Å². The van der Waals surface area contributed by atoms with Gasteiger partial charge in [0.25, 0.3) is 0 Å². The third-order valence-electron chi connectivity index (χ3n) is 3.00. The van der Waals surface area contributed by atoms with Gasteiger partial charge in [-0.15, -0.1) is 0 Å². The van der Waals surface area contributed by atoms with E-state index < -0.39 is 11.9 Å². The van der Waals surface area contributed by atoms with Crippen molar-refractivity contribution in [3.8, 4) is 5.75 Å². The van der Waals surface area contributed by atoms with Crippen molar-refractivity contribution in [1.29, 1.82) is 0 Å². The van der Waals surface area contributed by atoms with Gasteiger partial charge in [0.1, 0.15) is 18.4 Å². The number of hydrogen-bond acceptors (Lipinski definition) is 4. The molecule has 0 aliphatic carbocycles. The smallest absolute Gasteiger partial charge is 0.237 e. The van der Waals surface area contributed by atoms with Gasteiger partial charge in [0.15, 0.2) is 0 Å². The number of amides is 2. The quantitative estimate of drug-likeness (QED) is 0.781. The van der Waals surface area contributed by atoms with Crippen LogP contribution in [-0.4, -0.2) is 31.0 Å². The van der Waals surface area contributed by atoms with Gasteiger partial charge in [0.2, 0.25) is 11.8 Å². The lowest BCUT2D eigenvalue weighted by molar-refractivity contribution is -0.120. The molecule has 1 aliphatic rings. The summed E-state index contributed by atoms with van der Waals surface area (Å²) in [4.78, 5) is 24.2. The summed E-state index contributed by atoms with van der Waals surface area (Å²) in [7, 11) is 0. The zero-order chi connectivity index (χ0) is 13.8. The van der Waals surface area contributed by atoms with Crippen molar-refractivity contribution < 1.29 is 14.3 Å². The molecule has 0 spiro atoms. The number of hydrogen-bond donors (Lipinski definition) is 2. The number of rotatable bonds is 5. The number of anilines is 1. The van der Waals surface area contributed by atoms with Gasteiger partial charge in [-0.1, -0.05) is 6.07 Å².